The number of phenols is 1. The molecule has 1 saturated heterocycles. The first kappa shape index (κ1) is 25.5. The highest BCUT2D eigenvalue weighted by Gasteiger charge is 2.38. The predicted molar refractivity (Wildman–Crippen MR) is 130 cm³/mol. The van der Waals surface area contributed by atoms with Gasteiger partial charge < -0.3 is 20.1 Å². The first-order chi connectivity index (χ1) is 15.8. The van der Waals surface area contributed by atoms with E-state index in [9.17, 15) is 14.7 Å². The summed E-state index contributed by atoms with van der Waals surface area (Å²) >= 11 is 0. The molecule has 3 unspecified atom stereocenters. The van der Waals surface area contributed by atoms with Crippen molar-refractivity contribution in [3.63, 3.8) is 0 Å². The van der Waals surface area contributed by atoms with Crippen LogP contribution in [0.1, 0.15) is 71.3 Å². The Kier molecular flexibility index (Phi) is 9.19. The molecule has 1 aliphatic heterocycles. The number of hydrogen-bond donors (Lipinski definition) is 2. The van der Waals surface area contributed by atoms with Gasteiger partial charge in [-0.25, -0.2) is 0 Å². The van der Waals surface area contributed by atoms with Crippen molar-refractivity contribution in [3.8, 4) is 5.75 Å². The Balaban J connectivity index is 1.58. The van der Waals surface area contributed by atoms with Crippen LogP contribution in [0.15, 0.2) is 24.3 Å². The molecule has 1 aromatic rings. The number of esters is 1. The van der Waals surface area contributed by atoms with Crippen molar-refractivity contribution in [2.45, 2.75) is 71.1 Å². The lowest BCUT2D eigenvalue weighted by Gasteiger charge is -2.45. The Morgan fingerprint density at radius 1 is 1.27 bits per heavy atom. The largest absolute Gasteiger partial charge is 0.508 e. The Morgan fingerprint density at radius 3 is 2.70 bits per heavy atom. The number of ether oxygens (including phenoxy) is 1. The number of aromatic hydroxyl groups is 1. The van der Waals surface area contributed by atoms with Crippen LogP contribution < -0.4 is 5.32 Å². The Labute approximate surface area is 199 Å². The monoisotopic (exact) mass is 458 g/mol. The van der Waals surface area contributed by atoms with E-state index in [1.165, 1.54) is 24.8 Å². The Morgan fingerprint density at radius 2 is 2.03 bits per heavy atom. The zero-order chi connectivity index (χ0) is 23.8. The topological polar surface area (TPSA) is 78.9 Å². The summed E-state index contributed by atoms with van der Waals surface area (Å²) in [6.45, 7) is 9.52. The van der Waals surface area contributed by atoms with Crippen LogP contribution in [0.25, 0.3) is 0 Å². The third-order valence-corrected chi connectivity index (χ3v) is 8.10. The van der Waals surface area contributed by atoms with Gasteiger partial charge in [0.1, 0.15) is 12.3 Å². The molecular formula is C27H42N2O4. The summed E-state index contributed by atoms with van der Waals surface area (Å²) in [7, 11) is 0. The maximum Gasteiger partial charge on any atom is 0.325 e. The van der Waals surface area contributed by atoms with Crippen molar-refractivity contribution in [1.29, 1.82) is 0 Å². The van der Waals surface area contributed by atoms with Gasteiger partial charge in [0.15, 0.2) is 0 Å². The zero-order valence-electron chi connectivity index (χ0n) is 20.6. The first-order valence-electron chi connectivity index (χ1n) is 12.8. The normalized spacial score (nSPS) is 25.4. The van der Waals surface area contributed by atoms with Crippen molar-refractivity contribution in [1.82, 2.24) is 10.2 Å². The fourth-order valence-corrected chi connectivity index (χ4v) is 5.75. The van der Waals surface area contributed by atoms with Crippen LogP contribution in [-0.2, 0) is 19.7 Å². The number of benzene rings is 1. The number of carbonyl (C=O) groups excluding carboxylic acids is 2. The molecule has 1 aliphatic carbocycles. The van der Waals surface area contributed by atoms with Crippen LogP contribution in [-0.4, -0.2) is 54.7 Å². The molecule has 0 radical (unpaired) electrons. The van der Waals surface area contributed by atoms with E-state index >= 15 is 0 Å². The molecule has 6 heteroatoms. The van der Waals surface area contributed by atoms with Gasteiger partial charge >= 0.3 is 5.97 Å². The van der Waals surface area contributed by atoms with E-state index in [-0.39, 0.29) is 29.8 Å². The third kappa shape index (κ3) is 6.72. The molecule has 2 aliphatic rings. The first-order valence-corrected chi connectivity index (χ1v) is 12.8. The third-order valence-electron chi connectivity index (χ3n) is 8.10. The number of likely N-dealkylation sites (tertiary alicyclic amines) is 1. The molecule has 1 amide bonds. The molecule has 1 aromatic carbocycles. The summed E-state index contributed by atoms with van der Waals surface area (Å²) in [6.07, 6.45) is 7.69. The SMILES string of the molecule is CCOC(=O)CNC(=O)C(CCN1CCC(C)(c2cccc(O)c2)C(C)C1)C1CCCCC1. The minimum absolute atomic E-state index is 0.00427. The van der Waals surface area contributed by atoms with Crippen LogP contribution in [0.3, 0.4) is 0 Å². The highest BCUT2D eigenvalue weighted by molar-refractivity contribution is 5.83. The van der Waals surface area contributed by atoms with Crippen molar-refractivity contribution < 1.29 is 19.4 Å². The highest BCUT2D eigenvalue weighted by Crippen LogP contribution is 2.40. The molecule has 2 fully saturated rings. The average molecular weight is 459 g/mol. The van der Waals surface area contributed by atoms with Gasteiger partial charge in [-0.05, 0) is 80.6 Å². The van der Waals surface area contributed by atoms with Crippen molar-refractivity contribution in [2.24, 2.45) is 17.8 Å². The van der Waals surface area contributed by atoms with Crippen molar-refractivity contribution in [3.05, 3.63) is 29.8 Å². The molecule has 3 rings (SSSR count). The van der Waals surface area contributed by atoms with Crippen molar-refractivity contribution >= 4 is 11.9 Å². The van der Waals surface area contributed by atoms with Crippen molar-refractivity contribution in [2.75, 3.05) is 32.8 Å². The van der Waals surface area contributed by atoms with Gasteiger partial charge in [-0.1, -0.05) is 45.2 Å². The highest BCUT2D eigenvalue weighted by atomic mass is 16.5. The summed E-state index contributed by atoms with van der Waals surface area (Å²) in [5.41, 5.74) is 1.24. The zero-order valence-corrected chi connectivity index (χ0v) is 20.6. The Hall–Kier alpha value is -2.08. The van der Waals surface area contributed by atoms with Crippen LogP contribution in [0.4, 0.5) is 0 Å². The van der Waals surface area contributed by atoms with Crippen LogP contribution in [0.2, 0.25) is 0 Å². The second kappa shape index (κ2) is 11.9. The molecule has 6 nitrogen and oxygen atoms in total. The Bertz CT molecular complexity index is 792. The summed E-state index contributed by atoms with van der Waals surface area (Å²) < 4.78 is 4.97. The molecule has 1 saturated carbocycles. The number of amides is 1. The number of phenolic OH excluding ortho intramolecular Hbond substituents is 1. The number of rotatable bonds is 9. The molecule has 0 bridgehead atoms. The molecule has 0 spiro atoms. The summed E-state index contributed by atoms with van der Waals surface area (Å²) in [5.74, 6) is 0.760. The van der Waals surface area contributed by atoms with E-state index in [0.29, 0.717) is 24.2 Å². The second-order valence-corrected chi connectivity index (χ2v) is 10.2. The lowest BCUT2D eigenvalue weighted by Crippen LogP contribution is -2.48. The van der Waals surface area contributed by atoms with Gasteiger partial charge in [0.2, 0.25) is 5.91 Å². The predicted octanol–water partition coefficient (Wildman–Crippen LogP) is 4.26. The van der Waals surface area contributed by atoms with Gasteiger partial charge in [-0.2, -0.15) is 0 Å². The average Bonchev–Trinajstić information content (AvgIpc) is 2.81. The van der Waals surface area contributed by atoms with Crippen LogP contribution in [0.5, 0.6) is 5.75 Å². The summed E-state index contributed by atoms with van der Waals surface area (Å²) in [4.78, 5) is 27.3. The fraction of sp³-hybridized carbons (Fsp3) is 0.704. The number of carbonyl (C=O) groups is 2. The van der Waals surface area contributed by atoms with Crippen LogP contribution in [0, 0.1) is 17.8 Å². The molecule has 1 heterocycles. The summed E-state index contributed by atoms with van der Waals surface area (Å²) in [6, 6.07) is 7.68. The minimum Gasteiger partial charge on any atom is -0.508 e. The quantitative estimate of drug-likeness (QED) is 0.541. The van der Waals surface area contributed by atoms with Gasteiger partial charge in [0.25, 0.3) is 0 Å². The van der Waals surface area contributed by atoms with Gasteiger partial charge in [-0.3, -0.25) is 9.59 Å². The minimum atomic E-state index is -0.371. The molecule has 2 N–H and O–H groups in total. The number of nitrogens with zero attached hydrogens (tertiary/aromatic N) is 1. The van der Waals surface area contributed by atoms with Crippen LogP contribution >= 0.6 is 0 Å². The number of hydrogen-bond acceptors (Lipinski definition) is 5. The van der Waals surface area contributed by atoms with E-state index in [2.05, 4.69) is 30.1 Å². The lowest BCUT2D eigenvalue weighted by molar-refractivity contribution is -0.144. The van der Waals surface area contributed by atoms with Gasteiger partial charge in [-0.15, -0.1) is 0 Å². The molecule has 33 heavy (non-hydrogen) atoms. The lowest BCUT2D eigenvalue weighted by atomic mass is 9.68. The molecule has 3 atom stereocenters. The van der Waals surface area contributed by atoms with E-state index in [1.807, 2.05) is 12.1 Å². The number of nitrogens with one attached hydrogen (secondary N) is 1. The smallest absolute Gasteiger partial charge is 0.325 e. The molecule has 0 aromatic heterocycles. The maximum absolute atomic E-state index is 13.0. The van der Waals surface area contributed by atoms with Gasteiger partial charge in [0, 0.05) is 12.5 Å². The fourth-order valence-electron chi connectivity index (χ4n) is 5.75. The van der Waals surface area contributed by atoms with E-state index in [0.717, 1.165) is 45.3 Å². The number of piperidine rings is 1. The van der Waals surface area contributed by atoms with E-state index < -0.39 is 0 Å². The van der Waals surface area contributed by atoms with Gasteiger partial charge in [0.05, 0.1) is 6.61 Å². The molecule has 184 valence electrons. The van der Waals surface area contributed by atoms with E-state index in [1.54, 1.807) is 13.0 Å². The standard InChI is InChI=1S/C27H42N2O4/c1-4-33-25(31)18-28-26(32)24(21-9-6-5-7-10-21)13-15-29-16-14-27(3,20(2)19-29)22-11-8-12-23(30)17-22/h8,11-12,17,20-21,24,30H,4-7,9-10,13-16,18-19H2,1-3H3,(H,28,32). The second-order valence-electron chi connectivity index (χ2n) is 10.2. The van der Waals surface area contributed by atoms with E-state index in [4.69, 9.17) is 4.74 Å². The summed E-state index contributed by atoms with van der Waals surface area (Å²) in [5, 5.41) is 12.8. The molecular weight excluding hydrogens is 416 g/mol. The maximum atomic E-state index is 13.0.